The molecule has 64 valence electrons. The Bertz CT molecular complexity index is 152. The molecule has 4 nitrogen and oxygen atoms in total. The molecule has 0 spiro atoms. The summed E-state index contributed by atoms with van der Waals surface area (Å²) < 4.78 is 0. The molecule has 1 unspecified atom stereocenters. The van der Waals surface area contributed by atoms with Crippen molar-refractivity contribution < 1.29 is 0 Å². The molecule has 0 heterocycles. The maximum absolute atomic E-state index is 9.88. The summed E-state index contributed by atoms with van der Waals surface area (Å²) in [5.74, 6) is 0. The molecular formula is C7H15N3O. The highest BCUT2D eigenvalue weighted by Gasteiger charge is 2.04. The van der Waals surface area contributed by atoms with Crippen molar-refractivity contribution in [1.29, 1.82) is 0 Å². The molecule has 0 aromatic heterocycles. The molecule has 0 saturated heterocycles. The molecule has 0 aromatic rings. The van der Waals surface area contributed by atoms with E-state index in [1.54, 1.807) is 13.1 Å². The van der Waals surface area contributed by atoms with Crippen LogP contribution >= 0.6 is 0 Å². The van der Waals surface area contributed by atoms with Gasteiger partial charge in [-0.1, -0.05) is 5.18 Å². The van der Waals surface area contributed by atoms with Crippen molar-refractivity contribution >= 4 is 0 Å². The zero-order valence-corrected chi connectivity index (χ0v) is 7.24. The van der Waals surface area contributed by atoms with E-state index < -0.39 is 0 Å². The first-order chi connectivity index (χ1) is 5.07. The van der Waals surface area contributed by atoms with E-state index in [0.29, 0.717) is 6.54 Å². The van der Waals surface area contributed by atoms with E-state index in [1.165, 1.54) is 0 Å². The van der Waals surface area contributed by atoms with Crippen LogP contribution in [0.15, 0.2) is 17.1 Å². The van der Waals surface area contributed by atoms with Crippen LogP contribution in [0.25, 0.3) is 0 Å². The Hall–Kier alpha value is -1.06. The van der Waals surface area contributed by atoms with Crippen molar-refractivity contribution in [2.45, 2.75) is 19.9 Å². The third-order valence-electron chi connectivity index (χ3n) is 1.44. The number of nitrogens with zero attached hydrogens (tertiary/aromatic N) is 2. The van der Waals surface area contributed by atoms with Crippen molar-refractivity contribution in [2.75, 3.05) is 13.6 Å². The normalized spacial score (nSPS) is 14.3. The lowest BCUT2D eigenvalue weighted by molar-refractivity contribution is 0.356. The van der Waals surface area contributed by atoms with Crippen LogP contribution in [0.1, 0.15) is 13.8 Å². The molecule has 11 heavy (non-hydrogen) atoms. The summed E-state index contributed by atoms with van der Waals surface area (Å²) in [7, 11) is 1.87. The van der Waals surface area contributed by atoms with Crippen LogP contribution in [-0.2, 0) is 0 Å². The largest absolute Gasteiger partial charge is 0.401 e. The summed E-state index contributed by atoms with van der Waals surface area (Å²) in [5, 5.41) is 2.80. The van der Waals surface area contributed by atoms with Gasteiger partial charge in [-0.05, 0) is 13.8 Å². The third-order valence-corrected chi connectivity index (χ3v) is 1.44. The number of allylic oxidation sites excluding steroid dienone is 1. The van der Waals surface area contributed by atoms with Crippen LogP contribution in [0, 0.1) is 4.91 Å². The minimum atomic E-state index is 0.117. The van der Waals surface area contributed by atoms with Gasteiger partial charge >= 0.3 is 0 Å². The van der Waals surface area contributed by atoms with Crippen LogP contribution < -0.4 is 5.73 Å². The molecule has 0 fully saturated rings. The number of likely N-dealkylation sites (N-methyl/N-ethyl adjacent to an activating group) is 1. The molecule has 2 N–H and O–H groups in total. The molecule has 0 radical (unpaired) electrons. The van der Waals surface area contributed by atoms with E-state index in [-0.39, 0.29) is 6.04 Å². The molecule has 0 aliphatic heterocycles. The van der Waals surface area contributed by atoms with E-state index in [4.69, 9.17) is 5.73 Å². The molecule has 0 saturated carbocycles. The molecule has 0 rings (SSSR count). The molecule has 0 bridgehead atoms. The summed E-state index contributed by atoms with van der Waals surface area (Å²) in [6.45, 7) is 4.01. The highest BCUT2D eigenvalue weighted by atomic mass is 16.3. The van der Waals surface area contributed by atoms with Gasteiger partial charge < -0.3 is 10.6 Å². The predicted molar refractivity (Wildman–Crippen MR) is 45.8 cm³/mol. The summed E-state index contributed by atoms with van der Waals surface area (Å²) in [4.78, 5) is 11.7. The fraction of sp³-hybridized carbons (Fsp3) is 0.714. The highest BCUT2D eigenvalue weighted by Crippen LogP contribution is 1.97. The molecule has 0 aliphatic rings. The monoisotopic (exact) mass is 157 g/mol. The molecule has 0 amide bonds. The van der Waals surface area contributed by atoms with Crippen molar-refractivity contribution in [2.24, 2.45) is 10.9 Å². The SMILES string of the molecule is C/C(N)=C\N(C)C(C)CN=O. The zero-order valence-electron chi connectivity index (χ0n) is 7.24. The average Bonchev–Trinajstić information content (AvgIpc) is 1.86. The fourth-order valence-corrected chi connectivity index (χ4v) is 0.685. The fourth-order valence-electron chi connectivity index (χ4n) is 0.685. The second-order valence-electron chi connectivity index (χ2n) is 2.70. The van der Waals surface area contributed by atoms with Gasteiger partial charge in [-0.3, -0.25) is 0 Å². The number of hydrogen-bond donors (Lipinski definition) is 1. The lowest BCUT2D eigenvalue weighted by Gasteiger charge is -2.20. The summed E-state index contributed by atoms with van der Waals surface area (Å²) >= 11 is 0. The van der Waals surface area contributed by atoms with E-state index in [0.717, 1.165) is 5.70 Å². The maximum Gasteiger partial charge on any atom is 0.101 e. The minimum Gasteiger partial charge on any atom is -0.401 e. The minimum absolute atomic E-state index is 0.117. The number of nitrogens with two attached hydrogens (primary N) is 1. The van der Waals surface area contributed by atoms with Crippen LogP contribution in [0.4, 0.5) is 0 Å². The molecule has 0 aliphatic carbocycles. The van der Waals surface area contributed by atoms with Crippen molar-refractivity contribution in [3.63, 3.8) is 0 Å². The van der Waals surface area contributed by atoms with Crippen LogP contribution in [-0.4, -0.2) is 24.5 Å². The second kappa shape index (κ2) is 4.71. The Morgan fingerprint density at radius 2 is 2.36 bits per heavy atom. The standard InChI is InChI=1S/C7H15N3O/c1-6(8)5-10(3)7(2)4-9-11/h5,7H,4,8H2,1-3H3/b6-5+. The Labute approximate surface area is 67.0 Å². The summed E-state index contributed by atoms with van der Waals surface area (Å²) in [6.07, 6.45) is 1.79. The van der Waals surface area contributed by atoms with Gasteiger partial charge in [0.25, 0.3) is 0 Å². The molecule has 1 atom stereocenters. The lowest BCUT2D eigenvalue weighted by Crippen LogP contribution is -2.27. The van der Waals surface area contributed by atoms with Crippen molar-refractivity contribution in [3.8, 4) is 0 Å². The van der Waals surface area contributed by atoms with Crippen LogP contribution in [0.3, 0.4) is 0 Å². The Morgan fingerprint density at radius 1 is 1.82 bits per heavy atom. The quantitative estimate of drug-likeness (QED) is 0.616. The highest BCUT2D eigenvalue weighted by molar-refractivity contribution is 4.91. The topological polar surface area (TPSA) is 58.7 Å². The molecule has 0 aromatic carbocycles. The first-order valence-electron chi connectivity index (χ1n) is 3.53. The first kappa shape index (κ1) is 9.94. The Balaban J connectivity index is 3.91. The molecular weight excluding hydrogens is 142 g/mol. The summed E-state index contributed by atoms with van der Waals surface area (Å²) in [5.41, 5.74) is 6.17. The number of rotatable bonds is 4. The van der Waals surface area contributed by atoms with Gasteiger partial charge in [0.15, 0.2) is 0 Å². The maximum atomic E-state index is 9.88. The van der Waals surface area contributed by atoms with Gasteiger partial charge in [0, 0.05) is 25.0 Å². The number of nitroso groups, excluding NO2 is 1. The van der Waals surface area contributed by atoms with Crippen molar-refractivity contribution in [3.05, 3.63) is 16.8 Å². The lowest BCUT2D eigenvalue weighted by atomic mass is 10.3. The summed E-state index contributed by atoms with van der Waals surface area (Å²) in [6, 6.07) is 0.117. The average molecular weight is 157 g/mol. The first-order valence-corrected chi connectivity index (χ1v) is 3.53. The zero-order chi connectivity index (χ0) is 8.85. The van der Waals surface area contributed by atoms with Gasteiger partial charge in [-0.25, -0.2) is 0 Å². The van der Waals surface area contributed by atoms with Gasteiger partial charge in [0.2, 0.25) is 0 Å². The van der Waals surface area contributed by atoms with Gasteiger partial charge in [0.1, 0.15) is 6.54 Å². The van der Waals surface area contributed by atoms with Gasteiger partial charge in [-0.2, -0.15) is 4.91 Å². The van der Waals surface area contributed by atoms with E-state index >= 15 is 0 Å². The van der Waals surface area contributed by atoms with Crippen molar-refractivity contribution in [1.82, 2.24) is 4.90 Å². The molecule has 4 heteroatoms. The number of hydrogen-bond acceptors (Lipinski definition) is 4. The van der Waals surface area contributed by atoms with E-state index in [1.807, 2.05) is 18.9 Å². The van der Waals surface area contributed by atoms with Crippen LogP contribution in [0.5, 0.6) is 0 Å². The smallest absolute Gasteiger partial charge is 0.101 e. The predicted octanol–water partition coefficient (Wildman–Crippen LogP) is 0.893. The van der Waals surface area contributed by atoms with E-state index in [9.17, 15) is 4.91 Å². The Kier molecular flexibility index (Phi) is 4.26. The Morgan fingerprint density at radius 3 is 2.73 bits per heavy atom. The van der Waals surface area contributed by atoms with Gasteiger partial charge in [0.05, 0.1) is 0 Å². The second-order valence-corrected chi connectivity index (χ2v) is 2.70. The third kappa shape index (κ3) is 4.36. The van der Waals surface area contributed by atoms with Crippen LogP contribution in [0.2, 0.25) is 0 Å². The van der Waals surface area contributed by atoms with E-state index in [2.05, 4.69) is 5.18 Å². The van der Waals surface area contributed by atoms with Gasteiger partial charge in [-0.15, -0.1) is 0 Å².